The van der Waals surface area contributed by atoms with Crippen LogP contribution in [-0.4, -0.2) is 43.1 Å². The van der Waals surface area contributed by atoms with Crippen molar-refractivity contribution < 1.29 is 14.6 Å². The standard InChI is InChI=1S/C16H22N2O3/c1-18-11-7-8-3-4-10(20-2)15-12(8)13-14(21-15)9(17)5-6-16(11,13)19/h3-4,9,11,13-14,18-19H,5-7,17H2,1-2H3. The van der Waals surface area contributed by atoms with Gasteiger partial charge in [-0.05, 0) is 37.9 Å². The van der Waals surface area contributed by atoms with Crippen LogP contribution < -0.4 is 20.5 Å². The highest BCUT2D eigenvalue weighted by atomic mass is 16.5. The number of hydrogen-bond donors (Lipinski definition) is 3. The molecule has 5 nitrogen and oxygen atoms in total. The van der Waals surface area contributed by atoms with Gasteiger partial charge in [-0.2, -0.15) is 0 Å². The Morgan fingerprint density at radius 3 is 3.00 bits per heavy atom. The lowest BCUT2D eigenvalue weighted by molar-refractivity contribution is -0.0835. The lowest BCUT2D eigenvalue weighted by Crippen LogP contribution is -2.64. The van der Waals surface area contributed by atoms with Crippen LogP contribution in [0.25, 0.3) is 0 Å². The molecule has 1 aromatic carbocycles. The van der Waals surface area contributed by atoms with Gasteiger partial charge in [0, 0.05) is 17.6 Å². The molecule has 5 heteroatoms. The molecule has 4 rings (SSSR count). The minimum Gasteiger partial charge on any atom is -0.493 e. The van der Waals surface area contributed by atoms with Gasteiger partial charge in [0.2, 0.25) is 0 Å². The van der Waals surface area contributed by atoms with E-state index in [2.05, 4.69) is 11.4 Å². The van der Waals surface area contributed by atoms with E-state index >= 15 is 0 Å². The van der Waals surface area contributed by atoms with Crippen molar-refractivity contribution in [1.29, 1.82) is 0 Å². The van der Waals surface area contributed by atoms with Gasteiger partial charge in [0.1, 0.15) is 6.10 Å². The molecule has 0 spiro atoms. The number of methoxy groups -OCH3 is 1. The van der Waals surface area contributed by atoms with Crippen molar-refractivity contribution in [3.05, 3.63) is 23.3 Å². The summed E-state index contributed by atoms with van der Waals surface area (Å²) in [6.45, 7) is 0. The summed E-state index contributed by atoms with van der Waals surface area (Å²) in [5.41, 5.74) is 7.83. The Morgan fingerprint density at radius 1 is 1.48 bits per heavy atom. The summed E-state index contributed by atoms with van der Waals surface area (Å²) >= 11 is 0. The number of aliphatic hydroxyl groups is 1. The number of nitrogens with one attached hydrogen (secondary N) is 1. The first-order valence-corrected chi connectivity index (χ1v) is 7.61. The van der Waals surface area contributed by atoms with Crippen molar-refractivity contribution in [3.63, 3.8) is 0 Å². The fourth-order valence-corrected chi connectivity index (χ4v) is 4.52. The Morgan fingerprint density at radius 2 is 2.29 bits per heavy atom. The first-order valence-electron chi connectivity index (χ1n) is 7.61. The molecular weight excluding hydrogens is 268 g/mol. The lowest BCUT2D eigenvalue weighted by atomic mass is 9.61. The van der Waals surface area contributed by atoms with Gasteiger partial charge in [-0.1, -0.05) is 6.07 Å². The highest BCUT2D eigenvalue weighted by Gasteiger charge is 2.60. The Bertz CT molecular complexity index is 591. The molecule has 0 saturated heterocycles. The maximum absolute atomic E-state index is 11.3. The Balaban J connectivity index is 1.93. The summed E-state index contributed by atoms with van der Waals surface area (Å²) in [6.07, 6.45) is 2.13. The molecule has 1 aromatic rings. The van der Waals surface area contributed by atoms with Crippen LogP contribution in [0.3, 0.4) is 0 Å². The summed E-state index contributed by atoms with van der Waals surface area (Å²) in [6, 6.07) is 4.03. The van der Waals surface area contributed by atoms with Crippen LogP contribution in [0, 0.1) is 0 Å². The van der Waals surface area contributed by atoms with Crippen LogP contribution >= 0.6 is 0 Å². The number of hydrogen-bond acceptors (Lipinski definition) is 5. The van der Waals surface area contributed by atoms with Gasteiger partial charge in [0.05, 0.1) is 18.6 Å². The summed E-state index contributed by atoms with van der Waals surface area (Å²) in [4.78, 5) is 0. The van der Waals surface area contributed by atoms with Gasteiger partial charge in [-0.15, -0.1) is 0 Å². The number of rotatable bonds is 2. The topological polar surface area (TPSA) is 76.7 Å². The molecule has 2 aliphatic carbocycles. The zero-order valence-corrected chi connectivity index (χ0v) is 12.4. The molecule has 0 bridgehead atoms. The van der Waals surface area contributed by atoms with Gasteiger partial charge in [0.25, 0.3) is 0 Å². The SMILES string of the molecule is CNC1Cc2ccc(OC)c3c2C2C(O3)C(N)CCC12O. The number of ether oxygens (including phenoxy) is 2. The van der Waals surface area contributed by atoms with Crippen LogP contribution in [0.4, 0.5) is 0 Å². The fourth-order valence-electron chi connectivity index (χ4n) is 4.52. The summed E-state index contributed by atoms with van der Waals surface area (Å²) in [5, 5.41) is 14.6. The number of likely N-dealkylation sites (N-methyl/N-ethyl adjacent to an activating group) is 1. The van der Waals surface area contributed by atoms with Crippen molar-refractivity contribution in [3.8, 4) is 11.5 Å². The van der Waals surface area contributed by atoms with E-state index < -0.39 is 5.60 Å². The third-order valence-corrected chi connectivity index (χ3v) is 5.58. The molecule has 5 unspecified atom stereocenters. The highest BCUT2D eigenvalue weighted by molar-refractivity contribution is 5.59. The van der Waals surface area contributed by atoms with Crippen LogP contribution in [0.1, 0.15) is 29.9 Å². The zero-order chi connectivity index (χ0) is 14.8. The fraction of sp³-hybridized carbons (Fsp3) is 0.625. The molecule has 0 aromatic heterocycles. The normalized spacial score (nSPS) is 39.6. The molecule has 3 aliphatic rings. The Hall–Kier alpha value is -1.30. The van der Waals surface area contributed by atoms with Crippen LogP contribution in [-0.2, 0) is 6.42 Å². The summed E-state index contributed by atoms with van der Waals surface area (Å²) in [5.74, 6) is 1.46. The first kappa shape index (κ1) is 13.4. The van der Waals surface area contributed by atoms with Gasteiger partial charge in [-0.3, -0.25) is 0 Å². The van der Waals surface area contributed by atoms with Crippen molar-refractivity contribution in [2.24, 2.45) is 5.73 Å². The van der Waals surface area contributed by atoms with Crippen LogP contribution in [0.5, 0.6) is 11.5 Å². The molecule has 1 heterocycles. The summed E-state index contributed by atoms with van der Waals surface area (Å²) in [7, 11) is 3.56. The summed E-state index contributed by atoms with van der Waals surface area (Å²) < 4.78 is 11.6. The average Bonchev–Trinajstić information content (AvgIpc) is 2.91. The lowest BCUT2D eigenvalue weighted by Gasteiger charge is -2.50. The molecule has 114 valence electrons. The van der Waals surface area contributed by atoms with Crippen LogP contribution in [0.2, 0.25) is 0 Å². The van der Waals surface area contributed by atoms with E-state index in [1.165, 1.54) is 5.56 Å². The van der Waals surface area contributed by atoms with Gasteiger partial charge >= 0.3 is 0 Å². The van der Waals surface area contributed by atoms with Crippen molar-refractivity contribution in [1.82, 2.24) is 5.32 Å². The van der Waals surface area contributed by atoms with Gasteiger partial charge in [-0.25, -0.2) is 0 Å². The predicted octanol–water partition coefficient (Wildman–Crippen LogP) is 0.536. The molecule has 1 fully saturated rings. The molecule has 21 heavy (non-hydrogen) atoms. The van der Waals surface area contributed by atoms with Crippen LogP contribution in [0.15, 0.2) is 12.1 Å². The van der Waals surface area contributed by atoms with Gasteiger partial charge < -0.3 is 25.6 Å². The molecule has 4 N–H and O–H groups in total. The molecule has 1 saturated carbocycles. The maximum Gasteiger partial charge on any atom is 0.165 e. The minimum absolute atomic E-state index is 0.0351. The number of benzene rings is 1. The van der Waals surface area contributed by atoms with Gasteiger partial charge in [0.15, 0.2) is 11.5 Å². The monoisotopic (exact) mass is 290 g/mol. The van der Waals surface area contributed by atoms with Crippen molar-refractivity contribution >= 4 is 0 Å². The smallest absolute Gasteiger partial charge is 0.165 e. The van der Waals surface area contributed by atoms with Crippen molar-refractivity contribution in [2.45, 2.75) is 49.0 Å². The third-order valence-electron chi connectivity index (χ3n) is 5.58. The average molecular weight is 290 g/mol. The molecule has 0 amide bonds. The second-order valence-electron chi connectivity index (χ2n) is 6.47. The van der Waals surface area contributed by atoms with E-state index in [1.807, 2.05) is 13.1 Å². The van der Waals surface area contributed by atoms with E-state index in [0.717, 1.165) is 29.9 Å². The van der Waals surface area contributed by atoms with E-state index in [1.54, 1.807) is 7.11 Å². The molecular formula is C16H22N2O3. The van der Waals surface area contributed by atoms with E-state index in [4.69, 9.17) is 15.2 Å². The second kappa shape index (κ2) is 4.35. The van der Waals surface area contributed by atoms with E-state index in [9.17, 15) is 5.11 Å². The largest absolute Gasteiger partial charge is 0.493 e. The van der Waals surface area contributed by atoms with E-state index in [-0.39, 0.29) is 24.1 Å². The predicted molar refractivity (Wildman–Crippen MR) is 78.9 cm³/mol. The molecule has 1 aliphatic heterocycles. The highest BCUT2D eigenvalue weighted by Crippen LogP contribution is 2.57. The first-order chi connectivity index (χ1) is 10.1. The number of nitrogens with two attached hydrogens (primary N) is 1. The maximum atomic E-state index is 11.3. The molecule has 0 radical (unpaired) electrons. The molecule has 5 atom stereocenters. The van der Waals surface area contributed by atoms with E-state index in [0.29, 0.717) is 6.42 Å². The minimum atomic E-state index is -0.792. The zero-order valence-electron chi connectivity index (χ0n) is 12.4. The Kier molecular flexibility index (Phi) is 2.77. The quantitative estimate of drug-likeness (QED) is 0.741. The third kappa shape index (κ3) is 1.57. The van der Waals surface area contributed by atoms with Crippen molar-refractivity contribution in [2.75, 3.05) is 14.2 Å². The Labute approximate surface area is 124 Å². The second-order valence-corrected chi connectivity index (χ2v) is 6.47.